The number of hydrogen-bond donors (Lipinski definition) is 1. The fourth-order valence-corrected chi connectivity index (χ4v) is 2.98. The van der Waals surface area contributed by atoms with E-state index >= 15 is 0 Å². The maximum atomic E-state index is 11.3. The SMILES string of the molecule is CCCC(C)(O)CC1(C=O)CCCCC1. The van der Waals surface area contributed by atoms with Crippen LogP contribution in [0.2, 0.25) is 0 Å². The maximum absolute atomic E-state index is 11.3. The predicted molar refractivity (Wildman–Crippen MR) is 61.7 cm³/mol. The minimum absolute atomic E-state index is 0.225. The Balaban J connectivity index is 2.62. The van der Waals surface area contributed by atoms with Crippen molar-refractivity contribution < 1.29 is 9.90 Å². The van der Waals surface area contributed by atoms with Crippen molar-refractivity contribution >= 4 is 6.29 Å². The van der Waals surface area contributed by atoms with Gasteiger partial charge in [0.2, 0.25) is 0 Å². The molecule has 1 rings (SSSR count). The van der Waals surface area contributed by atoms with E-state index in [-0.39, 0.29) is 5.41 Å². The first kappa shape index (κ1) is 12.7. The van der Waals surface area contributed by atoms with E-state index in [0.717, 1.165) is 44.8 Å². The zero-order valence-electron chi connectivity index (χ0n) is 10.1. The van der Waals surface area contributed by atoms with E-state index < -0.39 is 5.60 Å². The molecule has 0 saturated heterocycles. The molecule has 88 valence electrons. The lowest BCUT2D eigenvalue weighted by molar-refractivity contribution is -0.122. The van der Waals surface area contributed by atoms with Crippen molar-refractivity contribution in [3.05, 3.63) is 0 Å². The number of hydrogen-bond acceptors (Lipinski definition) is 2. The fourth-order valence-electron chi connectivity index (χ4n) is 2.98. The van der Waals surface area contributed by atoms with Crippen LogP contribution in [-0.2, 0) is 4.79 Å². The second-order valence-corrected chi connectivity index (χ2v) is 5.46. The predicted octanol–water partition coefficient (Wildman–Crippen LogP) is 3.08. The number of aliphatic hydroxyl groups is 1. The van der Waals surface area contributed by atoms with Gasteiger partial charge in [0, 0.05) is 5.41 Å². The summed E-state index contributed by atoms with van der Waals surface area (Å²) < 4.78 is 0. The van der Waals surface area contributed by atoms with Gasteiger partial charge < -0.3 is 9.90 Å². The molecule has 1 N–H and O–H groups in total. The number of carbonyl (C=O) groups excluding carboxylic acids is 1. The maximum Gasteiger partial charge on any atom is 0.126 e. The minimum atomic E-state index is -0.660. The van der Waals surface area contributed by atoms with Crippen LogP contribution in [0, 0.1) is 5.41 Å². The Labute approximate surface area is 93.1 Å². The second kappa shape index (κ2) is 5.11. The van der Waals surface area contributed by atoms with Crippen LogP contribution in [0.25, 0.3) is 0 Å². The van der Waals surface area contributed by atoms with Crippen LogP contribution in [-0.4, -0.2) is 17.0 Å². The first-order chi connectivity index (χ1) is 7.04. The van der Waals surface area contributed by atoms with Crippen LogP contribution in [0.15, 0.2) is 0 Å². The highest BCUT2D eigenvalue weighted by Crippen LogP contribution is 2.41. The van der Waals surface area contributed by atoms with E-state index in [9.17, 15) is 9.90 Å². The molecule has 1 fully saturated rings. The van der Waals surface area contributed by atoms with Gasteiger partial charge in [-0.1, -0.05) is 32.6 Å². The zero-order valence-corrected chi connectivity index (χ0v) is 10.1. The van der Waals surface area contributed by atoms with Gasteiger partial charge in [-0.15, -0.1) is 0 Å². The molecule has 0 heterocycles. The Bertz CT molecular complexity index is 203. The molecule has 1 aliphatic carbocycles. The molecule has 0 aromatic carbocycles. The smallest absolute Gasteiger partial charge is 0.126 e. The second-order valence-electron chi connectivity index (χ2n) is 5.46. The molecule has 2 heteroatoms. The molecule has 0 aromatic heterocycles. The van der Waals surface area contributed by atoms with E-state index in [0.29, 0.717) is 6.42 Å². The zero-order chi connectivity index (χ0) is 11.4. The largest absolute Gasteiger partial charge is 0.390 e. The van der Waals surface area contributed by atoms with Gasteiger partial charge in [0.05, 0.1) is 5.60 Å². The minimum Gasteiger partial charge on any atom is -0.390 e. The topological polar surface area (TPSA) is 37.3 Å². The van der Waals surface area contributed by atoms with Crippen molar-refractivity contribution in [2.45, 2.75) is 70.8 Å². The van der Waals surface area contributed by atoms with Gasteiger partial charge in [-0.2, -0.15) is 0 Å². The number of aldehydes is 1. The van der Waals surface area contributed by atoms with Gasteiger partial charge in [0.1, 0.15) is 6.29 Å². The molecule has 1 atom stereocenters. The summed E-state index contributed by atoms with van der Waals surface area (Å²) >= 11 is 0. The van der Waals surface area contributed by atoms with Gasteiger partial charge in [-0.25, -0.2) is 0 Å². The Morgan fingerprint density at radius 2 is 1.93 bits per heavy atom. The van der Waals surface area contributed by atoms with E-state index in [4.69, 9.17) is 0 Å². The van der Waals surface area contributed by atoms with Crippen LogP contribution in [0.1, 0.15) is 65.2 Å². The molecular formula is C13H24O2. The summed E-state index contributed by atoms with van der Waals surface area (Å²) in [6.07, 6.45) is 8.98. The standard InChI is InChI=1S/C13H24O2/c1-3-7-12(2,15)10-13(11-14)8-5-4-6-9-13/h11,15H,3-10H2,1-2H3. The summed E-state index contributed by atoms with van der Waals surface area (Å²) in [5.74, 6) is 0. The first-order valence-corrected chi connectivity index (χ1v) is 6.22. The molecule has 15 heavy (non-hydrogen) atoms. The fraction of sp³-hybridized carbons (Fsp3) is 0.923. The highest BCUT2D eigenvalue weighted by molar-refractivity contribution is 5.59. The Morgan fingerprint density at radius 1 is 1.33 bits per heavy atom. The van der Waals surface area contributed by atoms with Crippen molar-refractivity contribution in [3.8, 4) is 0 Å². The molecule has 0 amide bonds. The molecule has 2 nitrogen and oxygen atoms in total. The Morgan fingerprint density at radius 3 is 2.40 bits per heavy atom. The summed E-state index contributed by atoms with van der Waals surface area (Å²) in [7, 11) is 0. The van der Waals surface area contributed by atoms with Crippen molar-refractivity contribution in [1.29, 1.82) is 0 Å². The highest BCUT2D eigenvalue weighted by atomic mass is 16.3. The van der Waals surface area contributed by atoms with E-state index in [2.05, 4.69) is 6.92 Å². The van der Waals surface area contributed by atoms with Gasteiger partial charge in [-0.05, 0) is 32.6 Å². The van der Waals surface area contributed by atoms with E-state index in [1.165, 1.54) is 6.42 Å². The highest BCUT2D eigenvalue weighted by Gasteiger charge is 2.37. The van der Waals surface area contributed by atoms with Crippen molar-refractivity contribution in [1.82, 2.24) is 0 Å². The molecule has 0 spiro atoms. The third-order valence-electron chi connectivity index (χ3n) is 3.62. The van der Waals surface area contributed by atoms with Crippen LogP contribution in [0.3, 0.4) is 0 Å². The summed E-state index contributed by atoms with van der Waals surface area (Å²) in [5.41, 5.74) is -0.885. The lowest BCUT2D eigenvalue weighted by Gasteiger charge is -2.38. The lowest BCUT2D eigenvalue weighted by Crippen LogP contribution is -2.37. The van der Waals surface area contributed by atoms with Gasteiger partial charge >= 0.3 is 0 Å². The molecule has 1 unspecified atom stereocenters. The molecule has 1 saturated carbocycles. The molecule has 0 aliphatic heterocycles. The summed E-state index contributed by atoms with van der Waals surface area (Å²) in [6, 6.07) is 0. The number of rotatable bonds is 5. The van der Waals surface area contributed by atoms with Crippen LogP contribution >= 0.6 is 0 Å². The monoisotopic (exact) mass is 212 g/mol. The molecule has 0 bridgehead atoms. The van der Waals surface area contributed by atoms with Gasteiger partial charge in [0.15, 0.2) is 0 Å². The molecule has 1 aliphatic rings. The molecular weight excluding hydrogens is 188 g/mol. The molecule has 0 radical (unpaired) electrons. The quantitative estimate of drug-likeness (QED) is 0.711. The average molecular weight is 212 g/mol. The van der Waals surface area contributed by atoms with Crippen molar-refractivity contribution in [2.24, 2.45) is 5.41 Å². The van der Waals surface area contributed by atoms with Gasteiger partial charge in [0.25, 0.3) is 0 Å². The number of carbonyl (C=O) groups is 1. The first-order valence-electron chi connectivity index (χ1n) is 6.22. The van der Waals surface area contributed by atoms with Crippen molar-refractivity contribution in [3.63, 3.8) is 0 Å². The third-order valence-corrected chi connectivity index (χ3v) is 3.62. The summed E-state index contributed by atoms with van der Waals surface area (Å²) in [5, 5.41) is 10.2. The van der Waals surface area contributed by atoms with E-state index in [1.807, 2.05) is 6.92 Å². The van der Waals surface area contributed by atoms with Gasteiger partial charge in [-0.3, -0.25) is 0 Å². The summed E-state index contributed by atoms with van der Waals surface area (Å²) in [4.78, 5) is 11.3. The Kier molecular flexibility index (Phi) is 4.32. The Hall–Kier alpha value is -0.370. The normalized spacial score (nSPS) is 24.5. The van der Waals surface area contributed by atoms with Crippen LogP contribution in [0.4, 0.5) is 0 Å². The third kappa shape index (κ3) is 3.60. The van der Waals surface area contributed by atoms with Crippen LogP contribution in [0.5, 0.6) is 0 Å². The van der Waals surface area contributed by atoms with E-state index in [1.54, 1.807) is 0 Å². The summed E-state index contributed by atoms with van der Waals surface area (Å²) in [6.45, 7) is 3.94. The molecule has 0 aromatic rings. The van der Waals surface area contributed by atoms with Crippen molar-refractivity contribution in [2.75, 3.05) is 0 Å². The van der Waals surface area contributed by atoms with Crippen LogP contribution < -0.4 is 0 Å². The average Bonchev–Trinajstić information content (AvgIpc) is 2.18. The lowest BCUT2D eigenvalue weighted by atomic mass is 9.68.